The minimum atomic E-state index is -0.566. The van der Waals surface area contributed by atoms with Crippen LogP contribution in [0, 0.1) is 17.9 Å². The maximum absolute atomic E-state index is 12.8. The third kappa shape index (κ3) is 2.24. The van der Waals surface area contributed by atoms with E-state index in [1.54, 1.807) is 6.20 Å². The first-order valence-corrected chi connectivity index (χ1v) is 8.95. The van der Waals surface area contributed by atoms with Gasteiger partial charge in [0, 0.05) is 17.0 Å². The van der Waals surface area contributed by atoms with E-state index >= 15 is 0 Å². The van der Waals surface area contributed by atoms with Crippen LogP contribution in [0.15, 0.2) is 48.3 Å². The molecule has 4 heteroatoms. The normalized spacial score (nSPS) is 26.3. The summed E-state index contributed by atoms with van der Waals surface area (Å²) in [6, 6.07) is 9.94. The lowest BCUT2D eigenvalue weighted by Crippen LogP contribution is -2.51. The molecule has 2 aliphatic carbocycles. The predicted octanol–water partition coefficient (Wildman–Crippen LogP) is 4.38. The fourth-order valence-corrected chi connectivity index (χ4v) is 4.78. The fraction of sp³-hybridized carbons (Fsp3) is 0.364. The van der Waals surface area contributed by atoms with Crippen molar-refractivity contribution in [1.82, 2.24) is 9.97 Å². The quantitative estimate of drug-likeness (QED) is 0.722. The Hall–Kier alpha value is -2.80. The Bertz CT molecular complexity index is 969. The number of hydrogen-bond acceptors (Lipinski definition) is 3. The van der Waals surface area contributed by atoms with E-state index in [0.29, 0.717) is 0 Å². The van der Waals surface area contributed by atoms with Gasteiger partial charge in [0.05, 0.1) is 23.7 Å². The van der Waals surface area contributed by atoms with Crippen molar-refractivity contribution in [2.45, 2.75) is 39.0 Å². The molecule has 26 heavy (non-hydrogen) atoms. The van der Waals surface area contributed by atoms with Gasteiger partial charge in [0.2, 0.25) is 5.70 Å². The van der Waals surface area contributed by atoms with Gasteiger partial charge in [-0.2, -0.15) is 0 Å². The van der Waals surface area contributed by atoms with Gasteiger partial charge in [0.25, 0.3) is 0 Å². The summed E-state index contributed by atoms with van der Waals surface area (Å²) in [6.45, 7) is 13.5. The summed E-state index contributed by atoms with van der Waals surface area (Å²) in [5, 5.41) is 0. The maximum Gasteiger partial charge on any atom is 0.226 e. The number of carbonyl (C=O) groups excluding carboxylic acids is 1. The highest BCUT2D eigenvalue weighted by molar-refractivity contribution is 6.02. The van der Waals surface area contributed by atoms with Crippen LogP contribution in [-0.4, -0.2) is 15.8 Å². The number of ketones is 1. The van der Waals surface area contributed by atoms with E-state index in [1.165, 1.54) is 5.56 Å². The highest BCUT2D eigenvalue weighted by atomic mass is 16.1. The molecule has 0 spiro atoms. The van der Waals surface area contributed by atoms with Gasteiger partial charge in [-0.3, -0.25) is 9.97 Å². The fourth-order valence-electron chi connectivity index (χ4n) is 4.78. The molecule has 0 bridgehead atoms. The van der Waals surface area contributed by atoms with Crippen molar-refractivity contribution < 1.29 is 4.79 Å². The standard InChI is InChI=1S/C22H21N3O/c1-21(2)18-11-9-14-8-10-16(15-7-5-6-12-24-15)25-19(14)22(18,3)13-17(23-4)20(21)26/h5-8,10,12-13,18H,9,11H2,1-3H3/t18-,22-/m0/s1. The van der Waals surface area contributed by atoms with E-state index in [-0.39, 0.29) is 17.4 Å². The van der Waals surface area contributed by atoms with Crippen LogP contribution in [-0.2, 0) is 16.6 Å². The second kappa shape index (κ2) is 5.60. The molecule has 0 N–H and O–H groups in total. The van der Waals surface area contributed by atoms with Gasteiger partial charge >= 0.3 is 0 Å². The van der Waals surface area contributed by atoms with Crippen LogP contribution in [0.3, 0.4) is 0 Å². The number of hydrogen-bond donors (Lipinski definition) is 0. The molecule has 2 aromatic heterocycles. The lowest BCUT2D eigenvalue weighted by molar-refractivity contribution is -0.128. The topological polar surface area (TPSA) is 47.2 Å². The van der Waals surface area contributed by atoms with E-state index < -0.39 is 10.8 Å². The van der Waals surface area contributed by atoms with Gasteiger partial charge < -0.3 is 4.79 Å². The van der Waals surface area contributed by atoms with Crippen LogP contribution < -0.4 is 0 Å². The zero-order valence-electron chi connectivity index (χ0n) is 15.3. The number of nitrogens with zero attached hydrogens (tertiary/aromatic N) is 3. The number of aryl methyl sites for hydroxylation is 1. The van der Waals surface area contributed by atoms with Gasteiger partial charge in [0.15, 0.2) is 5.78 Å². The van der Waals surface area contributed by atoms with E-state index in [4.69, 9.17) is 11.6 Å². The number of pyridine rings is 2. The highest BCUT2D eigenvalue weighted by Gasteiger charge is 2.54. The molecular formula is C22H21N3O. The van der Waals surface area contributed by atoms with Gasteiger partial charge in [-0.25, -0.2) is 4.85 Å². The second-order valence-corrected chi connectivity index (χ2v) is 7.99. The average Bonchev–Trinajstić information content (AvgIpc) is 2.65. The number of aromatic nitrogens is 2. The third-order valence-corrected chi connectivity index (χ3v) is 6.09. The lowest BCUT2D eigenvalue weighted by Gasteiger charge is -2.50. The monoisotopic (exact) mass is 343 g/mol. The summed E-state index contributed by atoms with van der Waals surface area (Å²) in [5.41, 5.74) is 3.11. The van der Waals surface area contributed by atoms with Crippen molar-refractivity contribution in [1.29, 1.82) is 0 Å². The van der Waals surface area contributed by atoms with Crippen LogP contribution in [0.25, 0.3) is 16.2 Å². The summed E-state index contributed by atoms with van der Waals surface area (Å²) >= 11 is 0. The van der Waals surface area contributed by atoms with E-state index in [1.807, 2.05) is 44.2 Å². The highest BCUT2D eigenvalue weighted by Crippen LogP contribution is 2.54. The van der Waals surface area contributed by atoms with Crippen LogP contribution in [0.4, 0.5) is 0 Å². The molecule has 0 aromatic carbocycles. The van der Waals surface area contributed by atoms with Crippen LogP contribution in [0.2, 0.25) is 0 Å². The van der Waals surface area contributed by atoms with Crippen molar-refractivity contribution in [3.05, 3.63) is 71.0 Å². The SMILES string of the molecule is [C-]#[N+]C1=C[C@]2(C)c3nc(-c4ccccn4)ccc3CC[C@H]2C(C)(C)C1=O. The molecule has 2 aliphatic rings. The molecule has 2 atom stereocenters. The first-order valence-electron chi connectivity index (χ1n) is 8.95. The van der Waals surface area contributed by atoms with Gasteiger partial charge in [-0.05, 0) is 42.5 Å². The second-order valence-electron chi connectivity index (χ2n) is 7.99. The molecule has 4 rings (SSSR count). The molecule has 4 nitrogen and oxygen atoms in total. The molecule has 130 valence electrons. The number of fused-ring (bicyclic) bond motifs is 3. The summed E-state index contributed by atoms with van der Waals surface area (Å²) in [7, 11) is 0. The molecule has 0 saturated carbocycles. The van der Waals surface area contributed by atoms with E-state index in [9.17, 15) is 4.79 Å². The summed E-state index contributed by atoms with van der Waals surface area (Å²) < 4.78 is 0. The number of rotatable bonds is 1. The van der Waals surface area contributed by atoms with Crippen molar-refractivity contribution in [2.24, 2.45) is 11.3 Å². The third-order valence-electron chi connectivity index (χ3n) is 6.09. The largest absolute Gasteiger partial charge is 0.307 e. The zero-order chi connectivity index (χ0) is 18.5. The first kappa shape index (κ1) is 16.7. The Morgan fingerprint density at radius 1 is 1.15 bits per heavy atom. The molecule has 2 aromatic rings. The average molecular weight is 343 g/mol. The molecule has 0 amide bonds. The zero-order valence-corrected chi connectivity index (χ0v) is 15.3. The van der Waals surface area contributed by atoms with E-state index in [2.05, 4.69) is 22.8 Å². The molecule has 0 saturated heterocycles. The van der Waals surface area contributed by atoms with Gasteiger partial charge in [0.1, 0.15) is 0 Å². The van der Waals surface area contributed by atoms with Crippen LogP contribution in [0.1, 0.15) is 38.4 Å². The Morgan fingerprint density at radius 2 is 1.96 bits per heavy atom. The predicted molar refractivity (Wildman–Crippen MR) is 100 cm³/mol. The van der Waals surface area contributed by atoms with Crippen LogP contribution in [0.5, 0.6) is 0 Å². The minimum absolute atomic E-state index is 0.0423. The Kier molecular flexibility index (Phi) is 3.59. The molecule has 0 fully saturated rings. The maximum atomic E-state index is 12.8. The van der Waals surface area contributed by atoms with Crippen molar-refractivity contribution >= 4 is 5.78 Å². The first-order chi connectivity index (χ1) is 12.4. The number of allylic oxidation sites excluding steroid dienone is 2. The smallest absolute Gasteiger partial charge is 0.226 e. The van der Waals surface area contributed by atoms with Crippen molar-refractivity contribution in [3.8, 4) is 11.4 Å². The van der Waals surface area contributed by atoms with E-state index in [0.717, 1.165) is 29.9 Å². The Morgan fingerprint density at radius 3 is 2.65 bits per heavy atom. The number of Topliss-reactive ketones (excluding diaryl/α,β-unsaturated/α-hetero) is 1. The van der Waals surface area contributed by atoms with Crippen LogP contribution >= 0.6 is 0 Å². The summed E-state index contributed by atoms with van der Waals surface area (Å²) in [5.74, 6) is 0.0892. The van der Waals surface area contributed by atoms with Crippen molar-refractivity contribution in [3.63, 3.8) is 0 Å². The Labute approximate surface area is 153 Å². The summed E-state index contributed by atoms with van der Waals surface area (Å²) in [4.78, 5) is 25.7. The molecule has 0 radical (unpaired) electrons. The van der Waals surface area contributed by atoms with Gasteiger partial charge in [-0.15, -0.1) is 0 Å². The Balaban J connectivity index is 1.94. The summed E-state index contributed by atoms with van der Waals surface area (Å²) in [6.07, 6.45) is 5.46. The van der Waals surface area contributed by atoms with Crippen molar-refractivity contribution in [2.75, 3.05) is 0 Å². The minimum Gasteiger partial charge on any atom is -0.307 e. The lowest BCUT2D eigenvalue weighted by atomic mass is 9.53. The molecule has 2 heterocycles. The van der Waals surface area contributed by atoms with Gasteiger partial charge in [-0.1, -0.05) is 39.0 Å². The molecule has 0 aliphatic heterocycles. The number of carbonyl (C=O) groups is 1. The molecular weight excluding hydrogens is 322 g/mol. The molecule has 0 unspecified atom stereocenters.